The fraction of sp³-hybridized carbons (Fsp3) is 0.364. The molecule has 4 heteroatoms. The van der Waals surface area contributed by atoms with E-state index in [1.165, 1.54) is 5.56 Å². The first-order valence-corrected chi connectivity index (χ1v) is 9.24. The average molecular weight is 351 g/mol. The molecule has 26 heavy (non-hydrogen) atoms. The van der Waals surface area contributed by atoms with Crippen LogP contribution in [0, 0.1) is 5.92 Å². The van der Waals surface area contributed by atoms with Gasteiger partial charge in [-0.3, -0.25) is 9.59 Å². The molecule has 2 aromatic rings. The number of hydrogen-bond donors (Lipinski definition) is 0. The van der Waals surface area contributed by atoms with E-state index in [1.54, 1.807) is 0 Å². The van der Waals surface area contributed by atoms with Gasteiger partial charge in [0.05, 0.1) is 5.92 Å². The van der Waals surface area contributed by atoms with Gasteiger partial charge in [-0.2, -0.15) is 0 Å². The minimum absolute atomic E-state index is 0.100. The van der Waals surface area contributed by atoms with Crippen molar-refractivity contribution in [3.05, 3.63) is 71.8 Å². The van der Waals surface area contributed by atoms with Gasteiger partial charge in [-0.25, -0.2) is 0 Å². The van der Waals surface area contributed by atoms with E-state index in [9.17, 15) is 9.59 Å². The number of aryl methyl sites for hydroxylation is 1. The van der Waals surface area contributed by atoms with E-state index < -0.39 is 0 Å². The largest absolute Gasteiger partial charge is 0.461 e. The third-order valence-corrected chi connectivity index (χ3v) is 4.88. The highest BCUT2D eigenvalue weighted by molar-refractivity contribution is 5.77. The molecule has 0 bridgehead atoms. The molecule has 4 nitrogen and oxygen atoms in total. The molecule has 0 atom stereocenters. The molecule has 1 saturated heterocycles. The molecule has 1 aliphatic heterocycles. The van der Waals surface area contributed by atoms with Crippen molar-refractivity contribution in [1.82, 2.24) is 4.90 Å². The van der Waals surface area contributed by atoms with Gasteiger partial charge in [-0.1, -0.05) is 60.7 Å². The Labute approximate surface area is 154 Å². The molecule has 0 radical (unpaired) electrons. The van der Waals surface area contributed by atoms with E-state index in [-0.39, 0.29) is 17.8 Å². The van der Waals surface area contributed by atoms with E-state index in [0.717, 1.165) is 12.0 Å². The van der Waals surface area contributed by atoms with Crippen molar-refractivity contribution >= 4 is 11.9 Å². The molecule has 0 N–H and O–H groups in total. The lowest BCUT2D eigenvalue weighted by atomic mass is 9.96. The summed E-state index contributed by atoms with van der Waals surface area (Å²) in [6.45, 7) is 1.59. The summed E-state index contributed by atoms with van der Waals surface area (Å²) in [6, 6.07) is 19.8. The number of carbonyl (C=O) groups is 2. The number of hydrogen-bond acceptors (Lipinski definition) is 3. The highest BCUT2D eigenvalue weighted by Crippen LogP contribution is 2.20. The van der Waals surface area contributed by atoms with Crippen molar-refractivity contribution < 1.29 is 14.3 Å². The zero-order valence-electron chi connectivity index (χ0n) is 15.0. The maximum atomic E-state index is 12.4. The normalized spacial score (nSPS) is 14.8. The first-order chi connectivity index (χ1) is 12.7. The molecular formula is C22H25NO3. The molecule has 0 unspecified atom stereocenters. The summed E-state index contributed by atoms with van der Waals surface area (Å²) in [7, 11) is 0. The quantitative estimate of drug-likeness (QED) is 0.747. The molecule has 0 aromatic heterocycles. The van der Waals surface area contributed by atoms with Crippen LogP contribution in [0.15, 0.2) is 60.7 Å². The minimum Gasteiger partial charge on any atom is -0.461 e. The van der Waals surface area contributed by atoms with Gasteiger partial charge >= 0.3 is 5.97 Å². The van der Waals surface area contributed by atoms with Crippen LogP contribution in [0.2, 0.25) is 0 Å². The van der Waals surface area contributed by atoms with Gasteiger partial charge in [0.1, 0.15) is 6.61 Å². The molecule has 1 amide bonds. The van der Waals surface area contributed by atoms with Gasteiger partial charge < -0.3 is 9.64 Å². The summed E-state index contributed by atoms with van der Waals surface area (Å²) in [5, 5.41) is 0. The predicted octanol–water partition coefficient (Wildman–Crippen LogP) is 3.60. The zero-order valence-corrected chi connectivity index (χ0v) is 15.0. The third-order valence-electron chi connectivity index (χ3n) is 4.88. The van der Waals surface area contributed by atoms with Crippen LogP contribution >= 0.6 is 0 Å². The van der Waals surface area contributed by atoms with Crippen molar-refractivity contribution in [3.63, 3.8) is 0 Å². The predicted molar refractivity (Wildman–Crippen MR) is 100 cm³/mol. The highest BCUT2D eigenvalue weighted by Gasteiger charge is 2.28. The molecule has 0 saturated carbocycles. The van der Waals surface area contributed by atoms with Crippen LogP contribution in [0.25, 0.3) is 0 Å². The number of ether oxygens (including phenoxy) is 1. The van der Waals surface area contributed by atoms with Gasteiger partial charge in [0, 0.05) is 19.5 Å². The third kappa shape index (κ3) is 5.19. The van der Waals surface area contributed by atoms with E-state index >= 15 is 0 Å². The highest BCUT2D eigenvalue weighted by atomic mass is 16.5. The molecule has 3 rings (SSSR count). The van der Waals surface area contributed by atoms with E-state index in [2.05, 4.69) is 0 Å². The molecule has 1 heterocycles. The first kappa shape index (κ1) is 18.2. The summed E-state index contributed by atoms with van der Waals surface area (Å²) < 4.78 is 5.43. The number of amides is 1. The number of likely N-dealkylation sites (tertiary alicyclic amines) is 1. The number of benzene rings is 2. The lowest BCUT2D eigenvalue weighted by Gasteiger charge is -2.31. The number of carbonyl (C=O) groups excluding carboxylic acids is 2. The van der Waals surface area contributed by atoms with Gasteiger partial charge in [0.25, 0.3) is 0 Å². The second kappa shape index (κ2) is 9.18. The molecule has 0 aliphatic carbocycles. The molecule has 2 aromatic carbocycles. The lowest BCUT2D eigenvalue weighted by Crippen LogP contribution is -2.40. The smallest absolute Gasteiger partial charge is 0.309 e. The number of esters is 1. The van der Waals surface area contributed by atoms with Gasteiger partial charge in [-0.05, 0) is 30.4 Å². The van der Waals surface area contributed by atoms with Crippen molar-refractivity contribution in [3.8, 4) is 0 Å². The Morgan fingerprint density at radius 3 is 2.08 bits per heavy atom. The van der Waals surface area contributed by atoms with Crippen LogP contribution in [0.1, 0.15) is 30.4 Å². The van der Waals surface area contributed by atoms with Crippen LogP contribution in [0.3, 0.4) is 0 Å². The molecule has 136 valence electrons. The maximum absolute atomic E-state index is 12.4. The van der Waals surface area contributed by atoms with E-state index in [1.807, 2.05) is 65.6 Å². The van der Waals surface area contributed by atoms with Crippen molar-refractivity contribution in [2.24, 2.45) is 5.92 Å². The number of rotatable bonds is 6. The van der Waals surface area contributed by atoms with Crippen molar-refractivity contribution in [2.45, 2.75) is 32.3 Å². The van der Waals surface area contributed by atoms with Crippen LogP contribution in [-0.4, -0.2) is 29.9 Å². The van der Waals surface area contributed by atoms with E-state index in [0.29, 0.717) is 39.0 Å². The Morgan fingerprint density at radius 1 is 0.885 bits per heavy atom. The first-order valence-electron chi connectivity index (χ1n) is 9.24. The molecule has 1 aliphatic rings. The standard InChI is InChI=1S/C22H25NO3/c24-21(12-11-18-7-3-1-4-8-18)23-15-13-20(14-16-23)22(25)26-17-19-9-5-2-6-10-19/h1-10,20H,11-17H2. The van der Waals surface area contributed by atoms with Gasteiger partial charge in [0.2, 0.25) is 5.91 Å². The second-order valence-corrected chi connectivity index (χ2v) is 6.73. The van der Waals surface area contributed by atoms with Crippen LogP contribution in [0.5, 0.6) is 0 Å². The summed E-state index contributed by atoms with van der Waals surface area (Å²) in [6.07, 6.45) is 2.65. The SMILES string of the molecule is O=C(OCc1ccccc1)C1CCN(C(=O)CCc2ccccc2)CC1. The Morgan fingerprint density at radius 2 is 1.46 bits per heavy atom. The fourth-order valence-electron chi connectivity index (χ4n) is 3.27. The summed E-state index contributed by atoms with van der Waals surface area (Å²) in [5.74, 6) is -0.0768. The molecule has 0 spiro atoms. The maximum Gasteiger partial charge on any atom is 0.309 e. The topological polar surface area (TPSA) is 46.6 Å². The van der Waals surface area contributed by atoms with Crippen LogP contribution < -0.4 is 0 Å². The monoisotopic (exact) mass is 351 g/mol. The van der Waals surface area contributed by atoms with Gasteiger partial charge in [-0.15, -0.1) is 0 Å². The van der Waals surface area contributed by atoms with Crippen molar-refractivity contribution in [2.75, 3.05) is 13.1 Å². The zero-order chi connectivity index (χ0) is 18.2. The van der Waals surface area contributed by atoms with Gasteiger partial charge in [0.15, 0.2) is 0 Å². The fourth-order valence-corrected chi connectivity index (χ4v) is 3.27. The lowest BCUT2D eigenvalue weighted by molar-refractivity contribution is -0.153. The van der Waals surface area contributed by atoms with E-state index in [4.69, 9.17) is 4.74 Å². The summed E-state index contributed by atoms with van der Waals surface area (Å²) in [4.78, 5) is 26.5. The molecular weight excluding hydrogens is 326 g/mol. The van der Waals surface area contributed by atoms with Crippen LogP contribution in [-0.2, 0) is 27.4 Å². The minimum atomic E-state index is -0.148. The molecule has 1 fully saturated rings. The Kier molecular flexibility index (Phi) is 6.42. The van der Waals surface area contributed by atoms with Crippen molar-refractivity contribution in [1.29, 1.82) is 0 Å². The Balaban J connectivity index is 1.39. The number of nitrogens with zero attached hydrogens (tertiary/aromatic N) is 1. The number of piperidine rings is 1. The summed E-state index contributed by atoms with van der Waals surface area (Å²) >= 11 is 0. The second-order valence-electron chi connectivity index (χ2n) is 6.73. The van der Waals surface area contributed by atoms with Crippen LogP contribution in [0.4, 0.5) is 0 Å². The summed E-state index contributed by atoms with van der Waals surface area (Å²) in [5.41, 5.74) is 2.18. The average Bonchev–Trinajstić information content (AvgIpc) is 2.72. The Bertz CT molecular complexity index is 643. The Hall–Kier alpha value is -2.62.